The SMILES string of the molecule is C1=CCOC=C1.CCCC(=O)O. The topological polar surface area (TPSA) is 46.5 Å². The van der Waals surface area contributed by atoms with Gasteiger partial charge in [-0.2, -0.15) is 0 Å². The number of ether oxygens (including phenoxy) is 1. The molecule has 0 amide bonds. The molecule has 0 saturated heterocycles. The van der Waals surface area contributed by atoms with E-state index in [0.29, 0.717) is 6.42 Å². The summed E-state index contributed by atoms with van der Waals surface area (Å²) in [6, 6.07) is 0. The van der Waals surface area contributed by atoms with Gasteiger partial charge < -0.3 is 9.84 Å². The van der Waals surface area contributed by atoms with Crippen molar-refractivity contribution in [3.05, 3.63) is 24.5 Å². The van der Waals surface area contributed by atoms with Crippen LogP contribution < -0.4 is 0 Å². The van der Waals surface area contributed by atoms with Gasteiger partial charge in [0.15, 0.2) is 0 Å². The van der Waals surface area contributed by atoms with E-state index in [1.807, 2.05) is 25.2 Å². The molecular formula is C9H14O3. The lowest BCUT2D eigenvalue weighted by atomic mass is 10.4. The van der Waals surface area contributed by atoms with Crippen molar-refractivity contribution >= 4 is 5.97 Å². The third kappa shape index (κ3) is 8.75. The van der Waals surface area contributed by atoms with Gasteiger partial charge in [0.1, 0.15) is 6.61 Å². The molecule has 3 heteroatoms. The molecule has 0 spiro atoms. The molecule has 0 fully saturated rings. The average molecular weight is 170 g/mol. The Bertz CT molecular complexity index is 159. The number of aliphatic carboxylic acids is 1. The maximum absolute atomic E-state index is 9.60. The summed E-state index contributed by atoms with van der Waals surface area (Å²) in [5.41, 5.74) is 0. The average Bonchev–Trinajstić information content (AvgIpc) is 2.08. The van der Waals surface area contributed by atoms with Crippen molar-refractivity contribution in [1.29, 1.82) is 0 Å². The van der Waals surface area contributed by atoms with Gasteiger partial charge in [-0.25, -0.2) is 0 Å². The minimum Gasteiger partial charge on any atom is -0.497 e. The largest absolute Gasteiger partial charge is 0.497 e. The molecule has 0 aromatic rings. The van der Waals surface area contributed by atoms with Crippen LogP contribution in [-0.2, 0) is 9.53 Å². The predicted molar refractivity (Wildman–Crippen MR) is 46.8 cm³/mol. The van der Waals surface area contributed by atoms with E-state index >= 15 is 0 Å². The summed E-state index contributed by atoms with van der Waals surface area (Å²) in [4.78, 5) is 9.60. The van der Waals surface area contributed by atoms with Gasteiger partial charge in [-0.15, -0.1) is 0 Å². The highest BCUT2D eigenvalue weighted by Crippen LogP contribution is 1.87. The molecular weight excluding hydrogens is 156 g/mol. The molecule has 1 heterocycles. The van der Waals surface area contributed by atoms with Gasteiger partial charge in [0.05, 0.1) is 6.26 Å². The molecule has 0 aliphatic carbocycles. The van der Waals surface area contributed by atoms with E-state index in [1.54, 1.807) is 6.26 Å². The summed E-state index contributed by atoms with van der Waals surface area (Å²) < 4.78 is 4.80. The molecule has 12 heavy (non-hydrogen) atoms. The zero-order valence-electron chi connectivity index (χ0n) is 7.19. The van der Waals surface area contributed by atoms with Gasteiger partial charge in [0, 0.05) is 6.42 Å². The second-order valence-electron chi connectivity index (χ2n) is 2.23. The Morgan fingerprint density at radius 2 is 2.33 bits per heavy atom. The Hall–Kier alpha value is -1.25. The molecule has 0 aromatic heterocycles. The molecule has 1 aliphatic rings. The molecule has 1 rings (SSSR count). The first-order valence-corrected chi connectivity index (χ1v) is 3.92. The molecule has 1 aliphatic heterocycles. The number of rotatable bonds is 2. The molecule has 0 bridgehead atoms. The standard InChI is InChI=1S/C5H6O.C4H8O2/c1-2-4-6-5-3-1;1-2-3-4(5)6/h1-4H,5H2;2-3H2,1H3,(H,5,6). The van der Waals surface area contributed by atoms with E-state index in [4.69, 9.17) is 9.84 Å². The Labute approximate surface area is 72.3 Å². The number of allylic oxidation sites excluding steroid dienone is 2. The smallest absolute Gasteiger partial charge is 0.303 e. The number of carboxylic acid groups (broad SMARTS) is 1. The lowest BCUT2D eigenvalue weighted by molar-refractivity contribution is -0.137. The van der Waals surface area contributed by atoms with E-state index in [1.165, 1.54) is 0 Å². The third-order valence-corrected chi connectivity index (χ3v) is 1.08. The molecule has 0 unspecified atom stereocenters. The van der Waals surface area contributed by atoms with Crippen LogP contribution in [-0.4, -0.2) is 17.7 Å². The summed E-state index contributed by atoms with van der Waals surface area (Å²) in [5.74, 6) is -0.711. The van der Waals surface area contributed by atoms with Crippen molar-refractivity contribution in [2.75, 3.05) is 6.61 Å². The second kappa shape index (κ2) is 7.85. The zero-order chi connectivity index (χ0) is 9.23. The maximum atomic E-state index is 9.60. The Morgan fingerprint density at radius 3 is 2.42 bits per heavy atom. The van der Waals surface area contributed by atoms with Gasteiger partial charge in [0.25, 0.3) is 0 Å². The second-order valence-corrected chi connectivity index (χ2v) is 2.23. The highest BCUT2D eigenvalue weighted by Gasteiger charge is 1.87. The van der Waals surface area contributed by atoms with Crippen LogP contribution in [0.4, 0.5) is 0 Å². The van der Waals surface area contributed by atoms with Crippen LogP contribution in [0, 0.1) is 0 Å². The minimum atomic E-state index is -0.711. The van der Waals surface area contributed by atoms with E-state index < -0.39 is 5.97 Å². The highest BCUT2D eigenvalue weighted by molar-refractivity contribution is 5.66. The minimum absolute atomic E-state index is 0.292. The van der Waals surface area contributed by atoms with E-state index in [9.17, 15) is 4.79 Å². The van der Waals surface area contributed by atoms with Gasteiger partial charge in [-0.3, -0.25) is 4.79 Å². The molecule has 0 atom stereocenters. The summed E-state index contributed by atoms with van der Waals surface area (Å²) >= 11 is 0. The Balaban J connectivity index is 0.000000202. The van der Waals surface area contributed by atoms with Gasteiger partial charge >= 0.3 is 5.97 Å². The first kappa shape index (κ1) is 10.8. The van der Waals surface area contributed by atoms with Crippen LogP contribution in [0.1, 0.15) is 19.8 Å². The van der Waals surface area contributed by atoms with Crippen molar-refractivity contribution in [3.8, 4) is 0 Å². The lowest BCUT2D eigenvalue weighted by Crippen LogP contribution is -1.90. The summed E-state index contributed by atoms with van der Waals surface area (Å²) in [5, 5.41) is 7.91. The molecule has 0 saturated carbocycles. The van der Waals surface area contributed by atoms with Crippen LogP contribution in [0.25, 0.3) is 0 Å². The first-order chi connectivity index (χ1) is 5.77. The molecule has 68 valence electrons. The van der Waals surface area contributed by atoms with Crippen molar-refractivity contribution < 1.29 is 14.6 Å². The first-order valence-electron chi connectivity index (χ1n) is 3.92. The maximum Gasteiger partial charge on any atom is 0.303 e. The number of hydrogen-bond donors (Lipinski definition) is 1. The fourth-order valence-electron chi connectivity index (χ4n) is 0.560. The van der Waals surface area contributed by atoms with E-state index in [2.05, 4.69) is 0 Å². The van der Waals surface area contributed by atoms with E-state index in [0.717, 1.165) is 13.0 Å². The van der Waals surface area contributed by atoms with Crippen LogP contribution in [0.5, 0.6) is 0 Å². The molecule has 0 aromatic carbocycles. The van der Waals surface area contributed by atoms with Crippen LogP contribution in [0.3, 0.4) is 0 Å². The lowest BCUT2D eigenvalue weighted by Gasteiger charge is -1.94. The number of hydrogen-bond acceptors (Lipinski definition) is 2. The predicted octanol–water partition coefficient (Wildman–Crippen LogP) is 1.96. The molecule has 3 nitrogen and oxygen atoms in total. The zero-order valence-corrected chi connectivity index (χ0v) is 7.19. The highest BCUT2D eigenvalue weighted by atomic mass is 16.5. The van der Waals surface area contributed by atoms with Crippen molar-refractivity contribution in [2.24, 2.45) is 0 Å². The van der Waals surface area contributed by atoms with Crippen molar-refractivity contribution in [1.82, 2.24) is 0 Å². The van der Waals surface area contributed by atoms with Crippen molar-refractivity contribution in [3.63, 3.8) is 0 Å². The molecule has 1 N–H and O–H groups in total. The third-order valence-electron chi connectivity index (χ3n) is 1.08. The molecule has 0 radical (unpaired) electrons. The summed E-state index contributed by atoms with van der Waals surface area (Å²) in [7, 11) is 0. The summed E-state index contributed by atoms with van der Waals surface area (Å²) in [6.07, 6.45) is 8.49. The van der Waals surface area contributed by atoms with Crippen LogP contribution >= 0.6 is 0 Å². The van der Waals surface area contributed by atoms with Gasteiger partial charge in [-0.05, 0) is 18.6 Å². The van der Waals surface area contributed by atoms with Crippen molar-refractivity contribution in [2.45, 2.75) is 19.8 Å². The Morgan fingerprint density at radius 1 is 1.58 bits per heavy atom. The monoisotopic (exact) mass is 170 g/mol. The number of carboxylic acids is 1. The quantitative estimate of drug-likeness (QED) is 0.689. The van der Waals surface area contributed by atoms with Crippen LogP contribution in [0.15, 0.2) is 24.5 Å². The summed E-state index contributed by atoms with van der Waals surface area (Å²) in [6.45, 7) is 2.57. The van der Waals surface area contributed by atoms with Gasteiger partial charge in [-0.1, -0.05) is 13.0 Å². The fourth-order valence-corrected chi connectivity index (χ4v) is 0.560. The van der Waals surface area contributed by atoms with E-state index in [-0.39, 0.29) is 0 Å². The number of carbonyl (C=O) groups is 1. The fraction of sp³-hybridized carbons (Fsp3) is 0.444. The normalized spacial score (nSPS) is 12.8. The van der Waals surface area contributed by atoms with Gasteiger partial charge in [0.2, 0.25) is 0 Å². The Kier molecular flexibility index (Phi) is 7.03. The van der Waals surface area contributed by atoms with Crippen LogP contribution in [0.2, 0.25) is 0 Å².